The highest BCUT2D eigenvalue weighted by molar-refractivity contribution is 5.82. The van der Waals surface area contributed by atoms with Gasteiger partial charge in [-0.05, 0) is 71.5 Å². The van der Waals surface area contributed by atoms with Crippen LogP contribution >= 0.6 is 0 Å². The molecule has 1 aromatic heterocycles. The molecule has 2 atom stereocenters. The van der Waals surface area contributed by atoms with Crippen LogP contribution in [-0.4, -0.2) is 21.5 Å². The van der Waals surface area contributed by atoms with Crippen LogP contribution in [0.1, 0.15) is 72.9 Å². The van der Waals surface area contributed by atoms with Gasteiger partial charge in [-0.1, -0.05) is 128 Å². The Labute approximate surface area is 260 Å². The normalized spacial score (nSPS) is 15.3. The Balaban J connectivity index is 0.000000155. The average Bonchev–Trinajstić information content (AvgIpc) is 3.48. The van der Waals surface area contributed by atoms with Crippen molar-refractivity contribution in [2.45, 2.75) is 58.9 Å². The van der Waals surface area contributed by atoms with Crippen molar-refractivity contribution in [1.29, 1.82) is 0 Å². The summed E-state index contributed by atoms with van der Waals surface area (Å²) in [6.07, 6.45) is 2.11. The third-order valence-corrected chi connectivity index (χ3v) is 8.15. The summed E-state index contributed by atoms with van der Waals surface area (Å²) in [5.74, 6) is 7.59. The van der Waals surface area contributed by atoms with Crippen molar-refractivity contribution >= 4 is 0 Å². The first-order chi connectivity index (χ1) is 21.5. The van der Waals surface area contributed by atoms with Crippen molar-refractivity contribution in [2.75, 3.05) is 6.54 Å². The molecule has 0 saturated carbocycles. The summed E-state index contributed by atoms with van der Waals surface area (Å²) in [7, 11) is 0. The minimum atomic E-state index is 0.470. The molecule has 1 heterocycles. The van der Waals surface area contributed by atoms with Gasteiger partial charge in [0.2, 0.25) is 0 Å². The lowest BCUT2D eigenvalue weighted by Gasteiger charge is -2.22. The van der Waals surface area contributed by atoms with E-state index in [0.717, 1.165) is 30.8 Å². The molecule has 44 heavy (non-hydrogen) atoms. The van der Waals surface area contributed by atoms with Gasteiger partial charge in [0.05, 0.1) is 5.69 Å². The molecule has 2 aliphatic rings. The largest absolute Gasteiger partial charge is 0.244 e. The number of aromatic nitrogens is 3. The summed E-state index contributed by atoms with van der Waals surface area (Å²) in [6.45, 7) is 9.86. The fourth-order valence-electron chi connectivity index (χ4n) is 5.99. The van der Waals surface area contributed by atoms with Gasteiger partial charge in [-0.2, -0.15) is 0 Å². The Morgan fingerprint density at radius 2 is 1.32 bits per heavy atom. The monoisotopic (exact) mass is 578 g/mol. The van der Waals surface area contributed by atoms with Crippen LogP contribution in [0.25, 0.3) is 33.0 Å². The van der Waals surface area contributed by atoms with Crippen molar-refractivity contribution in [2.24, 2.45) is 5.11 Å². The first-order valence-corrected chi connectivity index (χ1v) is 15.4. The third kappa shape index (κ3) is 6.59. The summed E-state index contributed by atoms with van der Waals surface area (Å²) >= 11 is 0. The molecule has 0 spiro atoms. The zero-order valence-electron chi connectivity index (χ0n) is 25.9. The molecule has 4 aromatic carbocycles. The van der Waals surface area contributed by atoms with E-state index in [2.05, 4.69) is 150 Å². The molecule has 0 N–H and O–H groups in total. The topological polar surface area (TPSA) is 79.5 Å². The number of aryl methyl sites for hydroxylation is 1. The van der Waals surface area contributed by atoms with Crippen molar-refractivity contribution in [3.63, 3.8) is 0 Å². The minimum Gasteiger partial charge on any atom is -0.244 e. The molecule has 7 rings (SSSR count). The maximum Gasteiger partial charge on any atom is 0.121 e. The van der Waals surface area contributed by atoms with Crippen LogP contribution in [0.3, 0.4) is 0 Å². The van der Waals surface area contributed by atoms with E-state index in [0.29, 0.717) is 18.4 Å². The van der Waals surface area contributed by atoms with Gasteiger partial charge in [-0.3, -0.25) is 0 Å². The number of azide groups is 1. The standard InChI is InChI=1S/C19H19N3.C17H14.C2H5N3/c1-3-22-19-16-10-5-4-8-14(16)12-13(2)15-9-6-7-11-17(15)18(19)20-21-22;1-13-12-16-8-3-2-6-14(16)10-11-15-7-4-5-9-17(13)15;1-2-4-5-3/h4-11,13H,3,12H2,1-2H3;2-9,13H,12H2,1H3;2H2,1H3. The minimum absolute atomic E-state index is 0.470. The van der Waals surface area contributed by atoms with E-state index in [1.54, 1.807) is 6.92 Å². The molecule has 5 aromatic rings. The van der Waals surface area contributed by atoms with E-state index in [4.69, 9.17) is 5.53 Å². The van der Waals surface area contributed by atoms with Gasteiger partial charge in [0, 0.05) is 40.3 Å². The predicted octanol–water partition coefficient (Wildman–Crippen LogP) is 9.35. The molecule has 0 bridgehead atoms. The van der Waals surface area contributed by atoms with Gasteiger partial charge in [-0.25, -0.2) is 4.68 Å². The van der Waals surface area contributed by atoms with Crippen molar-refractivity contribution in [3.8, 4) is 34.4 Å². The van der Waals surface area contributed by atoms with Crippen LogP contribution in [0.2, 0.25) is 0 Å². The lowest BCUT2D eigenvalue weighted by atomic mass is 9.83. The highest BCUT2D eigenvalue weighted by atomic mass is 15.4. The van der Waals surface area contributed by atoms with E-state index >= 15 is 0 Å². The molecule has 0 aliphatic heterocycles. The molecule has 6 nitrogen and oxygen atoms in total. The van der Waals surface area contributed by atoms with Gasteiger partial charge < -0.3 is 0 Å². The Kier molecular flexibility index (Phi) is 9.92. The van der Waals surface area contributed by atoms with Crippen molar-refractivity contribution < 1.29 is 0 Å². The summed E-state index contributed by atoms with van der Waals surface area (Å²) in [4.78, 5) is 2.48. The zero-order valence-corrected chi connectivity index (χ0v) is 25.9. The summed E-state index contributed by atoms with van der Waals surface area (Å²) < 4.78 is 2.01. The first-order valence-electron chi connectivity index (χ1n) is 15.4. The van der Waals surface area contributed by atoms with Gasteiger partial charge in [0.25, 0.3) is 0 Å². The van der Waals surface area contributed by atoms with E-state index < -0.39 is 0 Å². The molecule has 0 saturated heterocycles. The number of fused-ring (bicyclic) bond motifs is 7. The Morgan fingerprint density at radius 1 is 0.750 bits per heavy atom. The maximum atomic E-state index is 7.52. The Bertz CT molecular complexity index is 1850. The second kappa shape index (κ2) is 14.4. The molecular weight excluding hydrogens is 540 g/mol. The second-order valence-corrected chi connectivity index (χ2v) is 11.1. The maximum absolute atomic E-state index is 7.52. The number of nitrogens with zero attached hydrogens (tertiary/aromatic N) is 6. The van der Waals surface area contributed by atoms with Crippen LogP contribution < -0.4 is 0 Å². The lowest BCUT2D eigenvalue weighted by Crippen LogP contribution is -2.08. The van der Waals surface area contributed by atoms with Crippen LogP contribution in [0, 0.1) is 11.8 Å². The SMILES string of the molecule is CC1Cc2ccccc2C#Cc2ccccc21.CCN=[N+]=[N-].CCn1nnc2c1-c1ccccc1CC(C)c1ccccc1-2. The molecular formula is C38H38N6. The molecule has 6 heteroatoms. The van der Waals surface area contributed by atoms with E-state index in [-0.39, 0.29) is 0 Å². The van der Waals surface area contributed by atoms with Crippen LogP contribution in [-0.2, 0) is 19.4 Å². The van der Waals surface area contributed by atoms with Crippen molar-refractivity contribution in [1.82, 2.24) is 15.0 Å². The second-order valence-electron chi connectivity index (χ2n) is 11.1. The van der Waals surface area contributed by atoms with Gasteiger partial charge in [0.15, 0.2) is 0 Å². The van der Waals surface area contributed by atoms with Crippen molar-refractivity contribution in [3.05, 3.63) is 141 Å². The quantitative estimate of drug-likeness (QED) is 0.0905. The Morgan fingerprint density at radius 3 is 2.02 bits per heavy atom. The van der Waals surface area contributed by atoms with E-state index in [1.165, 1.54) is 44.5 Å². The first kappa shape index (κ1) is 30.4. The zero-order chi connectivity index (χ0) is 30.9. The summed E-state index contributed by atoms with van der Waals surface area (Å²) in [6, 6.07) is 34.2. The molecule has 220 valence electrons. The van der Waals surface area contributed by atoms with Gasteiger partial charge in [0.1, 0.15) is 5.69 Å². The van der Waals surface area contributed by atoms with Crippen LogP contribution in [0.15, 0.2) is 102 Å². The molecule has 0 radical (unpaired) electrons. The molecule has 2 aliphatic carbocycles. The third-order valence-electron chi connectivity index (χ3n) is 8.15. The highest BCUT2D eigenvalue weighted by Crippen LogP contribution is 2.40. The van der Waals surface area contributed by atoms with Crippen LogP contribution in [0.5, 0.6) is 0 Å². The number of rotatable bonds is 2. The summed E-state index contributed by atoms with van der Waals surface area (Å²) in [5, 5.41) is 12.1. The van der Waals surface area contributed by atoms with Gasteiger partial charge >= 0.3 is 0 Å². The summed E-state index contributed by atoms with van der Waals surface area (Å²) in [5.41, 5.74) is 20.0. The number of benzene rings is 4. The lowest BCUT2D eigenvalue weighted by molar-refractivity contribution is 0.632. The average molecular weight is 579 g/mol. The molecule has 2 unspecified atom stereocenters. The highest BCUT2D eigenvalue weighted by Gasteiger charge is 2.25. The number of hydrogen-bond donors (Lipinski definition) is 0. The molecule has 0 amide bonds. The van der Waals surface area contributed by atoms with E-state index in [9.17, 15) is 0 Å². The van der Waals surface area contributed by atoms with E-state index in [1.807, 2.05) is 4.68 Å². The smallest absolute Gasteiger partial charge is 0.121 e. The van der Waals surface area contributed by atoms with Crippen LogP contribution in [0.4, 0.5) is 0 Å². The number of hydrogen-bond acceptors (Lipinski definition) is 3. The van der Waals surface area contributed by atoms with Gasteiger partial charge in [-0.15, -0.1) is 5.10 Å². The fourth-order valence-corrected chi connectivity index (χ4v) is 5.99. The predicted molar refractivity (Wildman–Crippen MR) is 179 cm³/mol. The Hall–Kier alpha value is -5.11. The molecule has 0 fully saturated rings. The fraction of sp³-hybridized carbons (Fsp3) is 0.263.